The molecule has 1 fully saturated rings. The zero-order valence-electron chi connectivity index (χ0n) is 15.9. The largest absolute Gasteiger partial charge is 0.384 e. The van der Waals surface area contributed by atoms with Gasteiger partial charge in [-0.15, -0.1) is 0 Å². The Morgan fingerprint density at radius 2 is 2.15 bits per heavy atom. The summed E-state index contributed by atoms with van der Waals surface area (Å²) in [6.07, 6.45) is 3.27. The van der Waals surface area contributed by atoms with Gasteiger partial charge in [-0.2, -0.15) is 0 Å². The van der Waals surface area contributed by atoms with Crippen LogP contribution in [0.1, 0.15) is 49.7 Å². The fraction of sp³-hybridized carbons (Fsp3) is 0.579. The van der Waals surface area contributed by atoms with Crippen LogP contribution in [0, 0.1) is 0 Å². The second-order valence-electron chi connectivity index (χ2n) is 7.26. The number of nitrogens with zero attached hydrogens (tertiary/aromatic N) is 2. The van der Waals surface area contributed by atoms with Gasteiger partial charge in [0.15, 0.2) is 5.60 Å². The van der Waals surface area contributed by atoms with Crippen molar-refractivity contribution in [3.05, 3.63) is 29.6 Å². The Balaban J connectivity index is 1.69. The molecule has 2 atom stereocenters. The molecule has 0 aliphatic carbocycles. The third-order valence-electron chi connectivity index (χ3n) is 4.77. The highest BCUT2D eigenvalue weighted by molar-refractivity contribution is 6.39. The molecule has 2 N–H and O–H groups in total. The van der Waals surface area contributed by atoms with E-state index in [1.165, 1.54) is 0 Å². The molecule has 2 amide bonds. The van der Waals surface area contributed by atoms with E-state index in [2.05, 4.69) is 20.8 Å². The van der Waals surface area contributed by atoms with Crippen molar-refractivity contribution in [3.63, 3.8) is 0 Å². The number of pyridine rings is 1. The Morgan fingerprint density at radius 1 is 1.33 bits per heavy atom. The van der Waals surface area contributed by atoms with Gasteiger partial charge in [0.05, 0.1) is 18.2 Å². The zero-order valence-corrected chi connectivity index (χ0v) is 15.9. The van der Waals surface area contributed by atoms with Gasteiger partial charge < -0.3 is 20.2 Å². The van der Waals surface area contributed by atoms with E-state index in [4.69, 9.17) is 9.57 Å². The number of amides is 2. The van der Waals surface area contributed by atoms with Gasteiger partial charge in [0.2, 0.25) is 0 Å². The first-order chi connectivity index (χ1) is 12.9. The highest BCUT2D eigenvalue weighted by Crippen LogP contribution is 2.33. The van der Waals surface area contributed by atoms with Gasteiger partial charge in [0, 0.05) is 31.0 Å². The minimum Gasteiger partial charge on any atom is -0.384 e. The van der Waals surface area contributed by atoms with E-state index in [1.807, 2.05) is 26.8 Å². The summed E-state index contributed by atoms with van der Waals surface area (Å²) in [7, 11) is 0. The lowest BCUT2D eigenvalue weighted by Gasteiger charge is -2.38. The van der Waals surface area contributed by atoms with Crippen molar-refractivity contribution in [1.29, 1.82) is 0 Å². The molecule has 8 nitrogen and oxygen atoms in total. The SMILES string of the molecule is CCc1ccc(C(=O)NC2CCOCC23CC(C(=O)NC(C)C)=NO3)cn1. The Kier molecular flexibility index (Phi) is 5.74. The first-order valence-corrected chi connectivity index (χ1v) is 9.33. The molecule has 0 bridgehead atoms. The number of carbonyl (C=O) groups is 2. The van der Waals surface area contributed by atoms with Gasteiger partial charge in [-0.05, 0) is 38.8 Å². The number of nitrogens with one attached hydrogen (secondary N) is 2. The van der Waals surface area contributed by atoms with Crippen LogP contribution in [0.2, 0.25) is 0 Å². The molecule has 27 heavy (non-hydrogen) atoms. The molecule has 1 spiro atoms. The van der Waals surface area contributed by atoms with Gasteiger partial charge in [-0.25, -0.2) is 0 Å². The summed E-state index contributed by atoms with van der Waals surface area (Å²) in [5.41, 5.74) is 0.893. The summed E-state index contributed by atoms with van der Waals surface area (Å²) in [6, 6.07) is 3.31. The van der Waals surface area contributed by atoms with E-state index in [1.54, 1.807) is 12.3 Å². The molecule has 2 aliphatic rings. The fourth-order valence-electron chi connectivity index (χ4n) is 3.25. The van der Waals surface area contributed by atoms with E-state index in [-0.39, 0.29) is 30.5 Å². The van der Waals surface area contributed by atoms with E-state index in [0.29, 0.717) is 30.7 Å². The Bertz CT molecular complexity index is 732. The number of aryl methyl sites for hydroxylation is 1. The Hall–Kier alpha value is -2.48. The average Bonchev–Trinajstić information content (AvgIpc) is 3.08. The Morgan fingerprint density at radius 3 is 2.81 bits per heavy atom. The number of aromatic nitrogens is 1. The maximum Gasteiger partial charge on any atom is 0.269 e. The number of rotatable bonds is 5. The predicted octanol–water partition coefficient (Wildman–Crippen LogP) is 1.20. The van der Waals surface area contributed by atoms with Crippen molar-refractivity contribution in [2.45, 2.75) is 57.7 Å². The van der Waals surface area contributed by atoms with Crippen LogP contribution in [-0.4, -0.2) is 53.4 Å². The molecule has 2 aliphatic heterocycles. The lowest BCUT2D eigenvalue weighted by atomic mass is 9.85. The summed E-state index contributed by atoms with van der Waals surface area (Å²) in [5, 5.41) is 9.81. The number of hydrogen-bond acceptors (Lipinski definition) is 6. The molecular formula is C19H26N4O4. The van der Waals surface area contributed by atoms with E-state index < -0.39 is 5.60 Å². The highest BCUT2D eigenvalue weighted by Gasteiger charge is 2.50. The van der Waals surface area contributed by atoms with Crippen LogP contribution in [0.15, 0.2) is 23.5 Å². The lowest BCUT2D eigenvalue weighted by Crippen LogP contribution is -2.59. The first-order valence-electron chi connectivity index (χ1n) is 9.33. The van der Waals surface area contributed by atoms with Gasteiger partial charge in [-0.3, -0.25) is 14.6 Å². The fourth-order valence-corrected chi connectivity index (χ4v) is 3.25. The summed E-state index contributed by atoms with van der Waals surface area (Å²) in [4.78, 5) is 34.8. The van der Waals surface area contributed by atoms with Crippen LogP contribution in [-0.2, 0) is 20.8 Å². The topological polar surface area (TPSA) is 102 Å². The molecule has 1 saturated heterocycles. The third-order valence-corrected chi connectivity index (χ3v) is 4.77. The number of carbonyl (C=O) groups excluding carboxylic acids is 2. The Labute approximate surface area is 158 Å². The first kappa shape index (κ1) is 19.3. The lowest BCUT2D eigenvalue weighted by molar-refractivity contribution is -0.128. The minimum absolute atomic E-state index is 0.00782. The second kappa shape index (κ2) is 8.04. The van der Waals surface area contributed by atoms with E-state index in [0.717, 1.165) is 12.1 Å². The van der Waals surface area contributed by atoms with Crippen LogP contribution in [0.5, 0.6) is 0 Å². The zero-order chi connectivity index (χ0) is 19.4. The molecule has 1 aromatic rings. The third kappa shape index (κ3) is 4.27. The predicted molar refractivity (Wildman–Crippen MR) is 99.5 cm³/mol. The maximum absolute atomic E-state index is 12.6. The average molecular weight is 374 g/mol. The molecule has 1 aromatic heterocycles. The summed E-state index contributed by atoms with van der Waals surface area (Å²) in [5.74, 6) is -0.475. The normalized spacial score (nSPS) is 24.4. The highest BCUT2D eigenvalue weighted by atomic mass is 16.7. The van der Waals surface area contributed by atoms with Crippen molar-refractivity contribution in [3.8, 4) is 0 Å². The monoisotopic (exact) mass is 374 g/mol. The summed E-state index contributed by atoms with van der Waals surface area (Å²) in [6.45, 7) is 6.56. The molecule has 2 unspecified atom stereocenters. The van der Waals surface area contributed by atoms with Crippen molar-refractivity contribution >= 4 is 17.5 Å². The number of ether oxygens (including phenoxy) is 1. The molecule has 3 rings (SSSR count). The number of hydrogen-bond donors (Lipinski definition) is 2. The molecule has 0 saturated carbocycles. The standard InChI is InChI=1S/C19H26N4O4/c1-4-14-6-5-13(10-20-14)17(24)22-16-7-8-26-11-19(16)9-15(23-27-19)18(25)21-12(2)3/h5-6,10,12,16H,4,7-9,11H2,1-3H3,(H,21,25)(H,22,24). The van der Waals surface area contributed by atoms with Crippen LogP contribution in [0.25, 0.3) is 0 Å². The maximum atomic E-state index is 12.6. The van der Waals surface area contributed by atoms with E-state index >= 15 is 0 Å². The van der Waals surface area contributed by atoms with E-state index in [9.17, 15) is 9.59 Å². The number of oxime groups is 1. The van der Waals surface area contributed by atoms with Crippen molar-refractivity contribution in [2.24, 2.45) is 5.16 Å². The minimum atomic E-state index is -0.853. The van der Waals surface area contributed by atoms with Gasteiger partial charge in [0.25, 0.3) is 11.8 Å². The van der Waals surface area contributed by atoms with Crippen molar-refractivity contribution in [2.75, 3.05) is 13.2 Å². The van der Waals surface area contributed by atoms with Crippen LogP contribution in [0.3, 0.4) is 0 Å². The van der Waals surface area contributed by atoms with Crippen LogP contribution < -0.4 is 10.6 Å². The molecule has 146 valence electrons. The quantitative estimate of drug-likeness (QED) is 0.806. The molecular weight excluding hydrogens is 348 g/mol. The summed E-state index contributed by atoms with van der Waals surface area (Å²) < 4.78 is 5.57. The van der Waals surface area contributed by atoms with Crippen molar-refractivity contribution in [1.82, 2.24) is 15.6 Å². The van der Waals surface area contributed by atoms with Crippen LogP contribution in [0.4, 0.5) is 0 Å². The van der Waals surface area contributed by atoms with Gasteiger partial charge in [-0.1, -0.05) is 12.1 Å². The smallest absolute Gasteiger partial charge is 0.269 e. The summed E-state index contributed by atoms with van der Waals surface area (Å²) >= 11 is 0. The van der Waals surface area contributed by atoms with Gasteiger partial charge in [0.1, 0.15) is 5.71 Å². The molecule has 0 radical (unpaired) electrons. The molecule has 3 heterocycles. The van der Waals surface area contributed by atoms with Crippen LogP contribution >= 0.6 is 0 Å². The van der Waals surface area contributed by atoms with Crippen molar-refractivity contribution < 1.29 is 19.2 Å². The second-order valence-corrected chi connectivity index (χ2v) is 7.26. The molecule has 8 heteroatoms. The van der Waals surface area contributed by atoms with Gasteiger partial charge >= 0.3 is 0 Å². The molecule has 0 aromatic carbocycles.